The Morgan fingerprint density at radius 1 is 1.00 bits per heavy atom. The van der Waals surface area contributed by atoms with Crippen molar-refractivity contribution < 1.29 is 0 Å². The molecule has 0 aliphatic rings. The first-order valence-corrected chi connectivity index (χ1v) is 10.6. The average molecular weight is 425 g/mol. The predicted molar refractivity (Wildman–Crippen MR) is 124 cm³/mol. The van der Waals surface area contributed by atoms with E-state index in [4.69, 9.17) is 15.8 Å². The van der Waals surface area contributed by atoms with Crippen molar-refractivity contribution in [2.75, 3.05) is 5.73 Å². The number of hydrogen-bond donors (Lipinski definition) is 2. The zero-order valence-electron chi connectivity index (χ0n) is 18.3. The summed E-state index contributed by atoms with van der Waals surface area (Å²) in [6, 6.07) is 16.6. The molecule has 0 atom stereocenters. The molecule has 32 heavy (non-hydrogen) atoms. The van der Waals surface area contributed by atoms with Gasteiger partial charge in [0.15, 0.2) is 5.65 Å². The van der Waals surface area contributed by atoms with Crippen LogP contribution in [0.3, 0.4) is 0 Å². The van der Waals surface area contributed by atoms with Gasteiger partial charge in [-0.15, -0.1) is 10.2 Å². The molecule has 5 rings (SSSR count). The van der Waals surface area contributed by atoms with E-state index in [1.54, 1.807) is 0 Å². The second kappa shape index (κ2) is 7.88. The van der Waals surface area contributed by atoms with Gasteiger partial charge in [-0.05, 0) is 42.2 Å². The Labute approximate surface area is 185 Å². The molecule has 0 saturated heterocycles. The lowest BCUT2D eigenvalue weighted by atomic mass is 9.96. The molecule has 5 aromatic rings. The van der Waals surface area contributed by atoms with Gasteiger partial charge in [-0.2, -0.15) is 10.3 Å². The highest BCUT2D eigenvalue weighted by Gasteiger charge is 2.17. The van der Waals surface area contributed by atoms with E-state index >= 15 is 0 Å². The minimum atomic E-state index is 0.583. The molecule has 2 aromatic carbocycles. The van der Waals surface area contributed by atoms with Crippen LogP contribution in [0.5, 0.6) is 0 Å². The lowest BCUT2D eigenvalue weighted by molar-refractivity contribution is 0.852. The minimum Gasteiger partial charge on any atom is -0.396 e. The maximum absolute atomic E-state index is 6.18. The fourth-order valence-corrected chi connectivity index (χ4v) is 4.11. The number of rotatable bonds is 5. The largest absolute Gasteiger partial charge is 0.396 e. The van der Waals surface area contributed by atoms with Crippen LogP contribution in [0, 0.1) is 13.8 Å². The van der Waals surface area contributed by atoms with E-state index in [1.165, 1.54) is 5.56 Å². The summed E-state index contributed by atoms with van der Waals surface area (Å²) >= 11 is 0. The number of nitrogens with one attached hydrogen (secondary N) is 1. The molecule has 0 amide bonds. The monoisotopic (exact) mass is 424 g/mol. The van der Waals surface area contributed by atoms with Gasteiger partial charge in [0.2, 0.25) is 5.82 Å². The van der Waals surface area contributed by atoms with Gasteiger partial charge in [-0.3, -0.25) is 0 Å². The molecule has 0 aliphatic heterocycles. The Bertz CT molecular complexity index is 1400. The SMILES string of the molecule is CCc1nn2c(C)c(N)c(C)nc2c1Cc1ccc(-c2ccccc2-c2nn[nH]n2)cc1. The first kappa shape index (κ1) is 19.9. The number of aryl methyl sites for hydroxylation is 3. The van der Waals surface area contributed by atoms with Crippen molar-refractivity contribution in [1.29, 1.82) is 0 Å². The number of nitrogen functional groups attached to an aromatic ring is 1. The van der Waals surface area contributed by atoms with Crippen LogP contribution >= 0.6 is 0 Å². The molecule has 160 valence electrons. The van der Waals surface area contributed by atoms with Gasteiger partial charge in [0.25, 0.3) is 0 Å². The number of fused-ring (bicyclic) bond motifs is 1. The maximum atomic E-state index is 6.18. The number of aromatic amines is 1. The number of nitrogens with two attached hydrogens (primary N) is 1. The molecule has 3 heterocycles. The van der Waals surface area contributed by atoms with E-state index in [0.717, 1.165) is 57.8 Å². The van der Waals surface area contributed by atoms with E-state index in [-0.39, 0.29) is 0 Å². The Hall–Kier alpha value is -4.07. The summed E-state index contributed by atoms with van der Waals surface area (Å²) in [7, 11) is 0. The number of hydrogen-bond acceptors (Lipinski definition) is 6. The highest BCUT2D eigenvalue weighted by molar-refractivity contribution is 5.80. The third-order valence-electron chi connectivity index (χ3n) is 5.90. The molecular formula is C24H24N8. The summed E-state index contributed by atoms with van der Waals surface area (Å²) in [5.74, 6) is 0.583. The van der Waals surface area contributed by atoms with Crippen LogP contribution in [0.2, 0.25) is 0 Å². The van der Waals surface area contributed by atoms with E-state index < -0.39 is 0 Å². The maximum Gasteiger partial charge on any atom is 0.205 e. The van der Waals surface area contributed by atoms with Gasteiger partial charge in [0, 0.05) is 17.5 Å². The third kappa shape index (κ3) is 3.30. The smallest absolute Gasteiger partial charge is 0.205 e. The highest BCUT2D eigenvalue weighted by Crippen LogP contribution is 2.30. The van der Waals surface area contributed by atoms with Crippen molar-refractivity contribution in [3.05, 3.63) is 76.7 Å². The fourth-order valence-electron chi connectivity index (χ4n) is 4.11. The Balaban J connectivity index is 1.51. The van der Waals surface area contributed by atoms with Crippen molar-refractivity contribution in [3.8, 4) is 22.5 Å². The molecule has 0 aliphatic carbocycles. The van der Waals surface area contributed by atoms with Crippen LogP contribution in [-0.2, 0) is 12.8 Å². The zero-order valence-corrected chi connectivity index (χ0v) is 18.3. The second-order valence-electron chi connectivity index (χ2n) is 7.87. The van der Waals surface area contributed by atoms with E-state index in [1.807, 2.05) is 36.6 Å². The first-order chi connectivity index (χ1) is 15.6. The summed E-state index contributed by atoms with van der Waals surface area (Å²) in [4.78, 5) is 4.76. The second-order valence-corrected chi connectivity index (χ2v) is 7.87. The van der Waals surface area contributed by atoms with Crippen molar-refractivity contribution in [3.63, 3.8) is 0 Å². The zero-order chi connectivity index (χ0) is 22.2. The molecule has 0 bridgehead atoms. The standard InChI is InChI=1S/C24H24N8/c1-4-21-20(24-26-14(2)22(25)15(3)32(24)29-21)13-16-9-11-17(12-10-16)18-7-5-6-8-19(18)23-27-30-31-28-23/h5-12H,4,13,25H2,1-3H3,(H,27,28,30,31). The van der Waals surface area contributed by atoms with Gasteiger partial charge < -0.3 is 5.73 Å². The Morgan fingerprint density at radius 2 is 1.75 bits per heavy atom. The molecule has 0 radical (unpaired) electrons. The molecule has 8 heteroatoms. The van der Waals surface area contributed by atoms with Gasteiger partial charge >= 0.3 is 0 Å². The quantitative estimate of drug-likeness (QED) is 0.442. The number of H-pyrrole nitrogens is 1. The fraction of sp³-hybridized carbons (Fsp3) is 0.208. The van der Waals surface area contributed by atoms with Gasteiger partial charge in [0.1, 0.15) is 0 Å². The molecule has 8 nitrogen and oxygen atoms in total. The summed E-state index contributed by atoms with van der Waals surface area (Å²) in [6.45, 7) is 6.05. The van der Waals surface area contributed by atoms with Gasteiger partial charge in [-0.25, -0.2) is 9.50 Å². The number of tetrazole rings is 1. The van der Waals surface area contributed by atoms with Crippen molar-refractivity contribution in [2.24, 2.45) is 0 Å². The highest BCUT2D eigenvalue weighted by atomic mass is 15.5. The van der Waals surface area contributed by atoms with Crippen molar-refractivity contribution in [1.82, 2.24) is 35.2 Å². The van der Waals surface area contributed by atoms with Crippen LogP contribution in [0.1, 0.15) is 35.1 Å². The molecule has 3 aromatic heterocycles. The van der Waals surface area contributed by atoms with Crippen LogP contribution in [0.15, 0.2) is 48.5 Å². The number of nitrogens with zero attached hydrogens (tertiary/aromatic N) is 6. The first-order valence-electron chi connectivity index (χ1n) is 10.6. The molecule has 0 fully saturated rings. The molecule has 3 N–H and O–H groups in total. The minimum absolute atomic E-state index is 0.583. The van der Waals surface area contributed by atoms with Crippen LogP contribution < -0.4 is 5.73 Å². The summed E-state index contributed by atoms with van der Waals surface area (Å²) < 4.78 is 1.88. The van der Waals surface area contributed by atoms with Crippen LogP contribution in [-0.4, -0.2) is 35.2 Å². The predicted octanol–water partition coefficient (Wildman–Crippen LogP) is 3.93. The van der Waals surface area contributed by atoms with E-state index in [2.05, 4.69) is 57.9 Å². The topological polar surface area (TPSA) is 111 Å². The number of benzene rings is 2. The molecule has 0 saturated carbocycles. The molecular weight excluding hydrogens is 400 g/mol. The van der Waals surface area contributed by atoms with Crippen molar-refractivity contribution in [2.45, 2.75) is 33.6 Å². The van der Waals surface area contributed by atoms with Crippen LogP contribution in [0.25, 0.3) is 28.2 Å². The summed E-state index contributed by atoms with van der Waals surface area (Å²) in [6.07, 6.45) is 1.60. The third-order valence-corrected chi connectivity index (χ3v) is 5.90. The molecule has 0 spiro atoms. The van der Waals surface area contributed by atoms with Gasteiger partial charge in [0.05, 0.1) is 22.8 Å². The Morgan fingerprint density at radius 3 is 2.44 bits per heavy atom. The normalized spacial score (nSPS) is 11.3. The van der Waals surface area contributed by atoms with E-state index in [9.17, 15) is 0 Å². The lowest BCUT2D eigenvalue weighted by Gasteiger charge is -2.09. The van der Waals surface area contributed by atoms with Crippen LogP contribution in [0.4, 0.5) is 5.69 Å². The summed E-state index contributed by atoms with van der Waals surface area (Å²) in [5.41, 5.74) is 16.0. The number of aromatic nitrogens is 7. The average Bonchev–Trinajstić information content (AvgIpc) is 3.47. The molecule has 0 unspecified atom stereocenters. The lowest BCUT2D eigenvalue weighted by Crippen LogP contribution is -2.05. The number of anilines is 1. The van der Waals surface area contributed by atoms with Crippen molar-refractivity contribution >= 4 is 11.3 Å². The summed E-state index contributed by atoms with van der Waals surface area (Å²) in [5, 5.41) is 19.3. The Kier molecular flexibility index (Phi) is 4.89. The van der Waals surface area contributed by atoms with Gasteiger partial charge in [-0.1, -0.05) is 55.5 Å². The van der Waals surface area contributed by atoms with E-state index in [0.29, 0.717) is 11.5 Å².